The number of amides is 1. The minimum Gasteiger partial charge on any atom is -0.481 e. The number of Topliss-reactive ketones (excluding diaryl/α,β-unsaturated/α-hetero) is 1. The number of carbonyl (C=O) groups excluding carboxylic acids is 2. The van der Waals surface area contributed by atoms with E-state index in [-0.39, 0.29) is 24.9 Å². The lowest BCUT2D eigenvalue weighted by atomic mass is 10.0. The number of hydrogen-bond donors (Lipinski definition) is 2. The number of alkyl carbamates (subject to hydrolysis) is 1. The average Bonchev–Trinajstić information content (AvgIpc) is 3.28. The van der Waals surface area contributed by atoms with Crippen LogP contribution in [0.25, 0.3) is 0 Å². The van der Waals surface area contributed by atoms with Gasteiger partial charge < -0.3 is 34.1 Å². The van der Waals surface area contributed by atoms with Crippen LogP contribution in [0.2, 0.25) is 0 Å². The molecule has 0 saturated carbocycles. The van der Waals surface area contributed by atoms with Gasteiger partial charge in [0, 0.05) is 52.2 Å². The molecule has 0 aromatic rings. The summed E-state index contributed by atoms with van der Waals surface area (Å²) in [6, 6.07) is 0. The zero-order valence-electron chi connectivity index (χ0n) is 42.2. The minimum absolute atomic E-state index is 0.118. The van der Waals surface area contributed by atoms with Crippen molar-refractivity contribution in [2.45, 2.75) is 270 Å². The van der Waals surface area contributed by atoms with Crippen LogP contribution >= 0.6 is 0 Å². The Balaban J connectivity index is 4.12. The van der Waals surface area contributed by atoms with Crippen LogP contribution in [0.3, 0.4) is 0 Å². The normalized spacial score (nSPS) is 11.9. The fourth-order valence-corrected chi connectivity index (χ4v) is 7.99. The number of nitrogens with one attached hydrogen (secondary N) is 1. The van der Waals surface area contributed by atoms with Gasteiger partial charge in [-0.15, -0.1) is 0 Å². The van der Waals surface area contributed by atoms with Crippen molar-refractivity contribution in [2.75, 3.05) is 59.4 Å². The van der Waals surface area contributed by atoms with E-state index in [2.05, 4.69) is 19.2 Å². The Bertz CT molecular complexity index is 967. The van der Waals surface area contributed by atoms with Gasteiger partial charge in [-0.05, 0) is 44.9 Å². The first-order valence-corrected chi connectivity index (χ1v) is 27.5. The first-order chi connectivity index (χ1) is 31.5. The van der Waals surface area contributed by atoms with Crippen molar-refractivity contribution in [3.05, 3.63) is 0 Å². The van der Waals surface area contributed by atoms with Gasteiger partial charge in [0.25, 0.3) is 0 Å². The molecule has 10 heteroatoms. The predicted octanol–water partition coefficient (Wildman–Crippen LogP) is 15.1. The molecule has 0 aromatic heterocycles. The Hall–Kier alpha value is -1.75. The van der Waals surface area contributed by atoms with Crippen molar-refractivity contribution in [3.63, 3.8) is 0 Å². The van der Waals surface area contributed by atoms with Crippen molar-refractivity contribution in [1.29, 1.82) is 0 Å². The summed E-state index contributed by atoms with van der Waals surface area (Å²) in [7, 11) is 0. The molecule has 64 heavy (non-hydrogen) atoms. The second kappa shape index (κ2) is 53.9. The van der Waals surface area contributed by atoms with Crippen molar-refractivity contribution in [2.24, 2.45) is 0 Å². The van der Waals surface area contributed by atoms with Crippen LogP contribution in [0, 0.1) is 0 Å². The molecule has 0 aliphatic carbocycles. The van der Waals surface area contributed by atoms with Gasteiger partial charge >= 0.3 is 12.1 Å². The third-order valence-electron chi connectivity index (χ3n) is 12.1. The molecule has 0 bridgehead atoms. The summed E-state index contributed by atoms with van der Waals surface area (Å²) in [5.41, 5.74) is 0. The SMILES string of the molecule is CCCCCCCCCCCCCCCCCCOC[C@H](COC(=O)NCCCCCC(=O)CCCCOCCOCCCC(=O)O)OCCCCCCCCCCCCCCCC. The molecule has 0 fully saturated rings. The van der Waals surface area contributed by atoms with Crippen molar-refractivity contribution < 1.29 is 43.2 Å². The van der Waals surface area contributed by atoms with Crippen LogP contribution in [0.15, 0.2) is 0 Å². The van der Waals surface area contributed by atoms with E-state index >= 15 is 0 Å². The third kappa shape index (κ3) is 52.9. The molecule has 0 aliphatic rings. The van der Waals surface area contributed by atoms with E-state index in [1.807, 2.05) is 0 Å². The van der Waals surface area contributed by atoms with Crippen LogP contribution in [0.4, 0.5) is 4.79 Å². The predicted molar refractivity (Wildman–Crippen MR) is 266 cm³/mol. The molecule has 0 spiro atoms. The van der Waals surface area contributed by atoms with Gasteiger partial charge in [0.1, 0.15) is 18.5 Å². The van der Waals surface area contributed by atoms with Crippen molar-refractivity contribution in [3.8, 4) is 0 Å². The molecular formula is C54H105NO9. The van der Waals surface area contributed by atoms with E-state index in [9.17, 15) is 14.4 Å². The molecule has 0 radical (unpaired) electrons. The number of rotatable bonds is 55. The summed E-state index contributed by atoms with van der Waals surface area (Å²) in [5, 5.41) is 11.5. The Morgan fingerprint density at radius 1 is 0.391 bits per heavy atom. The van der Waals surface area contributed by atoms with Crippen LogP contribution in [0.5, 0.6) is 0 Å². The highest BCUT2D eigenvalue weighted by molar-refractivity contribution is 5.78. The molecule has 0 rings (SSSR count). The number of carboxylic acid groups (broad SMARTS) is 1. The van der Waals surface area contributed by atoms with E-state index in [1.165, 1.54) is 180 Å². The van der Waals surface area contributed by atoms with E-state index in [0.29, 0.717) is 65.4 Å². The van der Waals surface area contributed by atoms with Crippen LogP contribution in [-0.4, -0.2) is 88.5 Å². The summed E-state index contributed by atoms with van der Waals surface area (Å²) in [5.74, 6) is -0.540. The number of ether oxygens (including phenoxy) is 5. The largest absolute Gasteiger partial charge is 0.481 e. The number of ketones is 1. The summed E-state index contributed by atoms with van der Waals surface area (Å²) < 4.78 is 28.7. The zero-order valence-corrected chi connectivity index (χ0v) is 42.2. The second-order valence-electron chi connectivity index (χ2n) is 18.5. The Morgan fingerprint density at radius 2 is 0.766 bits per heavy atom. The van der Waals surface area contributed by atoms with Crippen LogP contribution in [-0.2, 0) is 33.3 Å². The molecule has 1 amide bonds. The molecule has 10 nitrogen and oxygen atoms in total. The first-order valence-electron chi connectivity index (χ1n) is 27.5. The van der Waals surface area contributed by atoms with Crippen molar-refractivity contribution >= 4 is 17.8 Å². The quantitative estimate of drug-likeness (QED) is 0.0573. The van der Waals surface area contributed by atoms with Gasteiger partial charge in [0.05, 0.1) is 19.8 Å². The maximum absolute atomic E-state index is 12.5. The topological polar surface area (TPSA) is 130 Å². The highest BCUT2D eigenvalue weighted by atomic mass is 16.6. The summed E-state index contributed by atoms with van der Waals surface area (Å²) in [6.45, 7) is 9.04. The standard InChI is InChI=1S/C54H105NO9/c1-3-5-7-9-11-13-15-17-19-20-21-23-25-27-29-35-44-62-49-52(63-46-36-30-28-26-24-22-18-16-14-12-10-8-6-4-2)50-64-54(59)55-42-34-31-32-39-51(56)40-33-37-43-60-47-48-61-45-38-41-53(57)58/h52H,3-50H2,1-2H3,(H,55,59)(H,57,58)/t52-/m1/s1. The highest BCUT2D eigenvalue weighted by Crippen LogP contribution is 2.15. The van der Waals surface area contributed by atoms with Crippen LogP contribution < -0.4 is 5.32 Å². The van der Waals surface area contributed by atoms with E-state index < -0.39 is 12.1 Å². The maximum Gasteiger partial charge on any atom is 0.407 e. The number of carboxylic acids is 1. The van der Waals surface area contributed by atoms with Gasteiger partial charge in [0.15, 0.2) is 0 Å². The summed E-state index contributed by atoms with van der Waals surface area (Å²) in [6.07, 6.45) is 45.4. The van der Waals surface area contributed by atoms with Gasteiger partial charge in [-0.25, -0.2) is 4.79 Å². The van der Waals surface area contributed by atoms with E-state index in [0.717, 1.165) is 51.6 Å². The number of hydrogen-bond acceptors (Lipinski definition) is 8. The monoisotopic (exact) mass is 912 g/mol. The number of carbonyl (C=O) groups is 3. The fourth-order valence-electron chi connectivity index (χ4n) is 7.99. The number of unbranched alkanes of at least 4 members (excludes halogenated alkanes) is 31. The maximum atomic E-state index is 12.5. The molecule has 380 valence electrons. The first kappa shape index (κ1) is 62.2. The lowest BCUT2D eigenvalue weighted by Crippen LogP contribution is -2.32. The Labute approximate surface area is 394 Å². The molecular weight excluding hydrogens is 807 g/mol. The third-order valence-corrected chi connectivity index (χ3v) is 12.1. The Morgan fingerprint density at radius 3 is 1.23 bits per heavy atom. The molecule has 1 atom stereocenters. The molecule has 0 saturated heterocycles. The van der Waals surface area contributed by atoms with E-state index in [1.54, 1.807) is 0 Å². The van der Waals surface area contributed by atoms with Crippen LogP contribution in [0.1, 0.15) is 264 Å². The average molecular weight is 912 g/mol. The molecule has 0 aliphatic heterocycles. The Kier molecular flexibility index (Phi) is 52.4. The van der Waals surface area contributed by atoms with E-state index in [4.69, 9.17) is 28.8 Å². The molecule has 2 N–H and O–H groups in total. The smallest absolute Gasteiger partial charge is 0.407 e. The zero-order chi connectivity index (χ0) is 46.5. The molecule has 0 heterocycles. The minimum atomic E-state index is -0.810. The van der Waals surface area contributed by atoms with Gasteiger partial charge in [-0.1, -0.05) is 200 Å². The summed E-state index contributed by atoms with van der Waals surface area (Å²) in [4.78, 5) is 35.3. The fraction of sp³-hybridized carbons (Fsp3) is 0.944. The highest BCUT2D eigenvalue weighted by Gasteiger charge is 2.13. The second-order valence-corrected chi connectivity index (χ2v) is 18.5. The molecule has 0 unspecified atom stereocenters. The van der Waals surface area contributed by atoms with Gasteiger partial charge in [-0.3, -0.25) is 9.59 Å². The molecule has 0 aromatic carbocycles. The summed E-state index contributed by atoms with van der Waals surface area (Å²) >= 11 is 0. The van der Waals surface area contributed by atoms with Gasteiger partial charge in [0.2, 0.25) is 0 Å². The van der Waals surface area contributed by atoms with Crippen molar-refractivity contribution in [1.82, 2.24) is 5.32 Å². The lowest BCUT2D eigenvalue weighted by molar-refractivity contribution is -0.137. The lowest BCUT2D eigenvalue weighted by Gasteiger charge is -2.18. The number of aliphatic carboxylic acids is 1. The van der Waals surface area contributed by atoms with Gasteiger partial charge in [-0.2, -0.15) is 0 Å².